The van der Waals surface area contributed by atoms with Crippen LogP contribution < -0.4 is 16.4 Å². The van der Waals surface area contributed by atoms with Crippen LogP contribution in [0, 0.1) is 0 Å². The smallest absolute Gasteiger partial charge is 0.316 e. The van der Waals surface area contributed by atoms with E-state index in [9.17, 15) is 15.0 Å². The van der Waals surface area contributed by atoms with Crippen molar-refractivity contribution in [2.45, 2.75) is 6.54 Å². The molecule has 0 spiro atoms. The maximum Gasteiger partial charge on any atom is 0.316 e. The van der Waals surface area contributed by atoms with Crippen molar-refractivity contribution in [1.82, 2.24) is 0 Å². The molecule has 0 radical (unpaired) electrons. The molecule has 0 aliphatic heterocycles. The second kappa shape index (κ2) is 5.83. The van der Waals surface area contributed by atoms with E-state index in [4.69, 9.17) is 5.73 Å². The number of nitrogens with one attached hydrogen (secondary N) is 2. The normalized spacial score (nSPS) is 10.0. The zero-order valence-electron chi connectivity index (χ0n) is 10.6. The van der Waals surface area contributed by atoms with E-state index in [2.05, 4.69) is 10.6 Å². The lowest BCUT2D eigenvalue weighted by Crippen LogP contribution is -2.19. The van der Waals surface area contributed by atoms with Gasteiger partial charge in [0.25, 0.3) is 0 Å². The highest BCUT2D eigenvalue weighted by Crippen LogP contribution is 2.24. The Balaban J connectivity index is 2.05. The number of amides is 2. The summed E-state index contributed by atoms with van der Waals surface area (Å²) in [7, 11) is 0. The molecule has 6 nitrogen and oxygen atoms in total. The van der Waals surface area contributed by atoms with Gasteiger partial charge in [0.1, 0.15) is 11.5 Å². The van der Waals surface area contributed by atoms with Crippen molar-refractivity contribution in [1.29, 1.82) is 0 Å². The number of nitrogens with two attached hydrogens (primary N) is 1. The van der Waals surface area contributed by atoms with Gasteiger partial charge >= 0.3 is 6.03 Å². The molecule has 0 atom stereocenters. The molecule has 0 aliphatic rings. The minimum absolute atomic E-state index is 0.0129. The standard InChI is InChI=1S/C14H15N3O3/c15-14(20)17-11-3-1-2-10(6-11)16-8-9-4-5-12(18)7-13(9)19/h1-7,16,18-19H,8H2,(H3,15,17,20). The number of carbonyl (C=O) groups is 1. The van der Waals surface area contributed by atoms with Gasteiger partial charge in [0, 0.05) is 29.5 Å². The summed E-state index contributed by atoms with van der Waals surface area (Å²) in [6.07, 6.45) is 0. The van der Waals surface area contributed by atoms with Gasteiger partial charge in [-0.15, -0.1) is 0 Å². The maximum atomic E-state index is 10.8. The average molecular weight is 273 g/mol. The Hall–Kier alpha value is -2.89. The van der Waals surface area contributed by atoms with E-state index in [1.54, 1.807) is 24.3 Å². The minimum Gasteiger partial charge on any atom is -0.508 e. The van der Waals surface area contributed by atoms with Crippen molar-refractivity contribution in [2.75, 3.05) is 10.6 Å². The van der Waals surface area contributed by atoms with Gasteiger partial charge in [-0.1, -0.05) is 6.07 Å². The van der Waals surface area contributed by atoms with Crippen molar-refractivity contribution in [3.05, 3.63) is 48.0 Å². The predicted molar refractivity (Wildman–Crippen MR) is 76.7 cm³/mol. The van der Waals surface area contributed by atoms with Crippen LogP contribution in [0.25, 0.3) is 0 Å². The number of hydrogen-bond donors (Lipinski definition) is 5. The molecule has 6 heteroatoms. The molecule has 6 N–H and O–H groups in total. The van der Waals surface area contributed by atoms with Crippen LogP contribution in [0.15, 0.2) is 42.5 Å². The Morgan fingerprint density at radius 2 is 1.85 bits per heavy atom. The van der Waals surface area contributed by atoms with Crippen LogP contribution in [0.2, 0.25) is 0 Å². The third-order valence-corrected chi connectivity index (χ3v) is 2.68. The number of anilines is 2. The summed E-state index contributed by atoms with van der Waals surface area (Å²) in [6.45, 7) is 0.381. The summed E-state index contributed by atoms with van der Waals surface area (Å²) in [5.74, 6) is 0.0304. The van der Waals surface area contributed by atoms with Gasteiger partial charge in [-0.25, -0.2) is 4.79 Å². The van der Waals surface area contributed by atoms with Gasteiger partial charge in [-0.05, 0) is 30.3 Å². The van der Waals surface area contributed by atoms with Crippen LogP contribution >= 0.6 is 0 Å². The number of aromatic hydroxyl groups is 2. The van der Waals surface area contributed by atoms with E-state index in [1.807, 2.05) is 6.07 Å². The molecule has 0 saturated carbocycles. The average Bonchev–Trinajstić information content (AvgIpc) is 2.37. The first-order valence-electron chi connectivity index (χ1n) is 5.96. The number of carbonyl (C=O) groups excluding carboxylic acids is 1. The maximum absolute atomic E-state index is 10.8. The molecular weight excluding hydrogens is 258 g/mol. The van der Waals surface area contributed by atoms with Crippen LogP contribution in [0.4, 0.5) is 16.2 Å². The Labute approximate surface area is 115 Å². The van der Waals surface area contributed by atoms with Crippen molar-refractivity contribution < 1.29 is 15.0 Å². The van der Waals surface area contributed by atoms with E-state index in [-0.39, 0.29) is 11.5 Å². The fourth-order valence-corrected chi connectivity index (χ4v) is 1.75. The monoisotopic (exact) mass is 273 g/mol. The number of urea groups is 1. The van der Waals surface area contributed by atoms with Crippen molar-refractivity contribution in [2.24, 2.45) is 5.73 Å². The molecule has 2 amide bonds. The van der Waals surface area contributed by atoms with Crippen molar-refractivity contribution >= 4 is 17.4 Å². The van der Waals surface area contributed by atoms with Gasteiger partial charge in [0.05, 0.1) is 0 Å². The molecule has 2 aromatic rings. The number of hydrogen-bond acceptors (Lipinski definition) is 4. The number of primary amides is 1. The van der Waals surface area contributed by atoms with Gasteiger partial charge in [0.15, 0.2) is 0 Å². The first-order chi connectivity index (χ1) is 9.54. The van der Waals surface area contributed by atoms with Gasteiger partial charge in [-0.2, -0.15) is 0 Å². The molecule has 0 aliphatic carbocycles. The minimum atomic E-state index is -0.627. The van der Waals surface area contributed by atoms with E-state index in [0.717, 1.165) is 5.69 Å². The zero-order valence-corrected chi connectivity index (χ0v) is 10.6. The number of phenols is 2. The zero-order chi connectivity index (χ0) is 14.5. The third kappa shape index (κ3) is 3.55. The second-order valence-electron chi connectivity index (χ2n) is 4.24. The third-order valence-electron chi connectivity index (χ3n) is 2.68. The summed E-state index contributed by atoms with van der Waals surface area (Å²) in [4.78, 5) is 10.8. The predicted octanol–water partition coefficient (Wildman–Crippen LogP) is 2.20. The molecule has 0 unspecified atom stereocenters. The topological polar surface area (TPSA) is 108 Å². The summed E-state index contributed by atoms with van der Waals surface area (Å²) in [6, 6.07) is 10.8. The second-order valence-corrected chi connectivity index (χ2v) is 4.24. The molecule has 0 saturated heterocycles. The lowest BCUT2D eigenvalue weighted by Gasteiger charge is -2.10. The summed E-state index contributed by atoms with van der Waals surface area (Å²) in [5, 5.41) is 24.5. The van der Waals surface area contributed by atoms with E-state index in [1.165, 1.54) is 12.1 Å². The van der Waals surface area contributed by atoms with Crippen LogP contribution in [-0.4, -0.2) is 16.2 Å². The molecule has 0 heterocycles. The highest BCUT2D eigenvalue weighted by molar-refractivity contribution is 5.88. The first-order valence-corrected chi connectivity index (χ1v) is 5.96. The fraction of sp³-hybridized carbons (Fsp3) is 0.0714. The van der Waals surface area contributed by atoms with E-state index < -0.39 is 6.03 Å². The molecule has 0 bridgehead atoms. The quantitative estimate of drug-likeness (QED) is 0.588. The fourth-order valence-electron chi connectivity index (χ4n) is 1.75. The Bertz CT molecular complexity index is 629. The largest absolute Gasteiger partial charge is 0.508 e. The highest BCUT2D eigenvalue weighted by atomic mass is 16.3. The molecule has 20 heavy (non-hydrogen) atoms. The lowest BCUT2D eigenvalue weighted by atomic mass is 10.2. The van der Waals surface area contributed by atoms with Crippen LogP contribution in [0.1, 0.15) is 5.56 Å². The lowest BCUT2D eigenvalue weighted by molar-refractivity contribution is 0.259. The van der Waals surface area contributed by atoms with Crippen LogP contribution in [0.3, 0.4) is 0 Å². The van der Waals surface area contributed by atoms with Crippen LogP contribution in [-0.2, 0) is 6.54 Å². The molecule has 2 aromatic carbocycles. The van der Waals surface area contributed by atoms with E-state index in [0.29, 0.717) is 17.8 Å². The number of rotatable bonds is 4. The first kappa shape index (κ1) is 13.5. The number of benzene rings is 2. The Kier molecular flexibility index (Phi) is 3.95. The van der Waals surface area contributed by atoms with Crippen LogP contribution in [0.5, 0.6) is 11.5 Å². The highest BCUT2D eigenvalue weighted by Gasteiger charge is 2.03. The molecule has 0 fully saturated rings. The summed E-state index contributed by atoms with van der Waals surface area (Å²) >= 11 is 0. The summed E-state index contributed by atoms with van der Waals surface area (Å²) in [5.41, 5.74) is 7.04. The van der Waals surface area contributed by atoms with E-state index >= 15 is 0 Å². The molecular formula is C14H15N3O3. The van der Waals surface area contributed by atoms with Crippen molar-refractivity contribution in [3.63, 3.8) is 0 Å². The molecule has 104 valence electrons. The number of phenolic OH excluding ortho intramolecular Hbond substituents is 2. The summed E-state index contributed by atoms with van der Waals surface area (Å²) < 4.78 is 0. The Morgan fingerprint density at radius 1 is 1.10 bits per heavy atom. The van der Waals surface area contributed by atoms with Gasteiger partial charge < -0.3 is 26.6 Å². The molecule has 0 aromatic heterocycles. The van der Waals surface area contributed by atoms with Gasteiger partial charge in [-0.3, -0.25) is 0 Å². The van der Waals surface area contributed by atoms with Crippen molar-refractivity contribution in [3.8, 4) is 11.5 Å². The Morgan fingerprint density at radius 3 is 2.55 bits per heavy atom. The van der Waals surface area contributed by atoms with Gasteiger partial charge in [0.2, 0.25) is 0 Å². The molecule has 2 rings (SSSR count). The SMILES string of the molecule is NC(=O)Nc1cccc(NCc2ccc(O)cc2O)c1.